The third kappa shape index (κ3) is 3.33. The Hall–Kier alpha value is -3.02. The molecule has 1 aromatic carbocycles. The van der Waals surface area contributed by atoms with Crippen LogP contribution in [0.15, 0.2) is 56.0 Å². The fourth-order valence-electron chi connectivity index (χ4n) is 4.31. The van der Waals surface area contributed by atoms with Crippen LogP contribution in [-0.2, 0) is 14.3 Å². The lowest BCUT2D eigenvalue weighted by Gasteiger charge is -2.35. The van der Waals surface area contributed by atoms with Gasteiger partial charge in [0.2, 0.25) is 0 Å². The highest BCUT2D eigenvalue weighted by molar-refractivity contribution is 6.11. The molecule has 1 fully saturated rings. The number of allylic oxidation sites excluding steroid dienone is 1. The second-order valence-electron chi connectivity index (χ2n) is 7.85. The van der Waals surface area contributed by atoms with Crippen LogP contribution in [0.25, 0.3) is 11.0 Å². The molecule has 0 spiro atoms. The lowest BCUT2D eigenvalue weighted by molar-refractivity contribution is -0.143. The van der Waals surface area contributed by atoms with Gasteiger partial charge in [0.15, 0.2) is 5.43 Å². The minimum atomic E-state index is -0.748. The summed E-state index contributed by atoms with van der Waals surface area (Å²) < 4.78 is 11.2. The third-order valence-electron chi connectivity index (χ3n) is 5.51. The standard InChI is InChI=1S/C23H23NO5/c1-12(2)29-23(27)19-13(3)24-16-8-6-9-17(25)21(16)20(19)15-11-28-18-10-5-4-7-14(18)22(15)26/h4-5,7,10-12,20-21H,6,8-9H2,1-3H3. The Morgan fingerprint density at radius 1 is 1.17 bits per heavy atom. The molecule has 0 N–H and O–H groups in total. The Bertz CT molecular complexity index is 1120. The molecule has 1 aliphatic heterocycles. The molecule has 4 rings (SSSR count). The van der Waals surface area contributed by atoms with Crippen molar-refractivity contribution in [3.63, 3.8) is 0 Å². The second-order valence-corrected chi connectivity index (χ2v) is 7.85. The maximum absolute atomic E-state index is 13.3. The molecule has 0 amide bonds. The van der Waals surface area contributed by atoms with Crippen molar-refractivity contribution < 1.29 is 18.7 Å². The van der Waals surface area contributed by atoms with Gasteiger partial charge in [-0.25, -0.2) is 4.79 Å². The number of carbonyl (C=O) groups excluding carboxylic acids is 2. The van der Waals surface area contributed by atoms with Crippen LogP contribution in [0.1, 0.15) is 51.5 Å². The molecule has 6 heteroatoms. The van der Waals surface area contributed by atoms with Crippen LogP contribution in [0, 0.1) is 5.92 Å². The topological polar surface area (TPSA) is 85.9 Å². The van der Waals surface area contributed by atoms with Crippen LogP contribution in [0.3, 0.4) is 0 Å². The zero-order chi connectivity index (χ0) is 20.7. The van der Waals surface area contributed by atoms with Crippen molar-refractivity contribution in [3.05, 3.63) is 57.6 Å². The normalized spacial score (nSPS) is 21.9. The number of hydrogen-bond acceptors (Lipinski definition) is 6. The predicted molar refractivity (Wildman–Crippen MR) is 109 cm³/mol. The number of esters is 1. The zero-order valence-electron chi connectivity index (χ0n) is 16.7. The van der Waals surface area contributed by atoms with Crippen LogP contribution in [0.2, 0.25) is 0 Å². The van der Waals surface area contributed by atoms with Gasteiger partial charge in [0, 0.05) is 29.3 Å². The van der Waals surface area contributed by atoms with Gasteiger partial charge in [-0.15, -0.1) is 0 Å². The lowest BCUT2D eigenvalue weighted by atomic mass is 9.69. The maximum Gasteiger partial charge on any atom is 0.336 e. The Morgan fingerprint density at radius 2 is 1.93 bits per heavy atom. The van der Waals surface area contributed by atoms with Crippen molar-refractivity contribution in [2.75, 3.05) is 0 Å². The molecule has 0 radical (unpaired) electrons. The van der Waals surface area contributed by atoms with E-state index in [0.717, 1.165) is 12.1 Å². The number of Topliss-reactive ketones (excluding diaryl/α,β-unsaturated/α-hetero) is 1. The van der Waals surface area contributed by atoms with Gasteiger partial charge in [-0.05, 0) is 45.7 Å². The van der Waals surface area contributed by atoms with E-state index in [1.54, 1.807) is 45.0 Å². The lowest BCUT2D eigenvalue weighted by Crippen LogP contribution is -2.40. The highest BCUT2D eigenvalue weighted by Crippen LogP contribution is 2.42. The van der Waals surface area contributed by atoms with Crippen molar-refractivity contribution >= 4 is 28.4 Å². The van der Waals surface area contributed by atoms with Gasteiger partial charge in [0.05, 0.1) is 29.2 Å². The molecule has 6 nitrogen and oxygen atoms in total. The van der Waals surface area contributed by atoms with E-state index in [4.69, 9.17) is 9.15 Å². The number of rotatable bonds is 3. The van der Waals surface area contributed by atoms with Crippen LogP contribution < -0.4 is 5.43 Å². The first-order chi connectivity index (χ1) is 13.9. The molecule has 1 aromatic heterocycles. The van der Waals surface area contributed by atoms with Gasteiger partial charge in [0.25, 0.3) is 0 Å². The summed E-state index contributed by atoms with van der Waals surface area (Å²) in [6.45, 7) is 5.25. The molecule has 2 aromatic rings. The summed E-state index contributed by atoms with van der Waals surface area (Å²) in [4.78, 5) is 43.8. The largest absolute Gasteiger partial charge is 0.464 e. The van der Waals surface area contributed by atoms with E-state index in [2.05, 4.69) is 4.99 Å². The van der Waals surface area contributed by atoms with Gasteiger partial charge in [0.1, 0.15) is 11.4 Å². The van der Waals surface area contributed by atoms with Crippen LogP contribution >= 0.6 is 0 Å². The number of nitrogens with zero attached hydrogens (tertiary/aromatic N) is 1. The molecule has 2 unspecified atom stereocenters. The molecule has 0 bridgehead atoms. The molecule has 150 valence electrons. The molecular weight excluding hydrogens is 370 g/mol. The first kappa shape index (κ1) is 19.3. The number of ketones is 1. The number of carbonyl (C=O) groups is 2. The Kier molecular flexibility index (Phi) is 4.94. The molecular formula is C23H23NO5. The van der Waals surface area contributed by atoms with E-state index >= 15 is 0 Å². The van der Waals surface area contributed by atoms with Crippen molar-refractivity contribution in [2.24, 2.45) is 10.9 Å². The van der Waals surface area contributed by atoms with Gasteiger partial charge in [-0.2, -0.15) is 0 Å². The number of ether oxygens (including phenoxy) is 1. The molecule has 1 saturated carbocycles. The van der Waals surface area contributed by atoms with E-state index in [0.29, 0.717) is 35.1 Å². The number of aliphatic imine (C=N–C) groups is 1. The van der Waals surface area contributed by atoms with Gasteiger partial charge in [-0.1, -0.05) is 12.1 Å². The summed E-state index contributed by atoms with van der Waals surface area (Å²) in [6, 6.07) is 6.96. The average Bonchev–Trinajstić information content (AvgIpc) is 2.67. The molecule has 29 heavy (non-hydrogen) atoms. The Labute approximate surface area is 168 Å². The quantitative estimate of drug-likeness (QED) is 0.738. The van der Waals surface area contributed by atoms with E-state index in [1.807, 2.05) is 0 Å². The van der Waals surface area contributed by atoms with Gasteiger partial charge < -0.3 is 9.15 Å². The minimum Gasteiger partial charge on any atom is -0.464 e. The molecule has 1 aliphatic carbocycles. The molecule has 2 aliphatic rings. The smallest absolute Gasteiger partial charge is 0.336 e. The highest BCUT2D eigenvalue weighted by Gasteiger charge is 2.45. The first-order valence-corrected chi connectivity index (χ1v) is 9.91. The van der Waals surface area contributed by atoms with E-state index in [-0.39, 0.29) is 22.9 Å². The number of hydrogen-bond donors (Lipinski definition) is 0. The number of para-hydroxylation sites is 1. The van der Waals surface area contributed by atoms with Crippen LogP contribution in [0.5, 0.6) is 0 Å². The minimum absolute atomic E-state index is 0.00472. The summed E-state index contributed by atoms with van der Waals surface area (Å²) in [5.41, 5.74) is 2.02. The van der Waals surface area contributed by atoms with E-state index in [1.165, 1.54) is 6.26 Å². The van der Waals surface area contributed by atoms with Crippen molar-refractivity contribution in [1.82, 2.24) is 0 Å². The SMILES string of the molecule is CC1=C(C(=O)OC(C)C)C(c2coc3ccccc3c2=O)C2C(=O)CCCC2=N1. The van der Waals surface area contributed by atoms with Crippen molar-refractivity contribution in [2.45, 2.75) is 52.1 Å². The van der Waals surface area contributed by atoms with Gasteiger partial charge in [-0.3, -0.25) is 14.6 Å². The summed E-state index contributed by atoms with van der Waals surface area (Å²) in [6.07, 6.45) is 2.87. The van der Waals surface area contributed by atoms with E-state index in [9.17, 15) is 14.4 Å². The Balaban J connectivity index is 1.95. The fourth-order valence-corrected chi connectivity index (χ4v) is 4.31. The molecule has 2 heterocycles. The molecule has 0 saturated heterocycles. The highest BCUT2D eigenvalue weighted by atomic mass is 16.5. The average molecular weight is 393 g/mol. The zero-order valence-corrected chi connectivity index (χ0v) is 16.7. The van der Waals surface area contributed by atoms with Crippen molar-refractivity contribution in [1.29, 1.82) is 0 Å². The van der Waals surface area contributed by atoms with E-state index < -0.39 is 17.8 Å². The summed E-state index contributed by atoms with van der Waals surface area (Å²) in [7, 11) is 0. The first-order valence-electron chi connectivity index (χ1n) is 9.91. The van der Waals surface area contributed by atoms with Crippen molar-refractivity contribution in [3.8, 4) is 0 Å². The van der Waals surface area contributed by atoms with Gasteiger partial charge >= 0.3 is 5.97 Å². The predicted octanol–water partition coefficient (Wildman–Crippen LogP) is 3.93. The number of fused-ring (bicyclic) bond motifs is 2. The summed E-state index contributed by atoms with van der Waals surface area (Å²) in [5.74, 6) is -1.93. The van der Waals surface area contributed by atoms with Crippen LogP contribution in [0.4, 0.5) is 0 Å². The maximum atomic E-state index is 13.3. The second kappa shape index (κ2) is 7.43. The fraction of sp³-hybridized carbons (Fsp3) is 0.391. The van der Waals surface area contributed by atoms with Crippen LogP contribution in [-0.4, -0.2) is 23.6 Å². The third-order valence-corrected chi connectivity index (χ3v) is 5.51. The summed E-state index contributed by atoms with van der Waals surface area (Å²) in [5, 5.41) is 0.423. The molecule has 2 atom stereocenters. The monoisotopic (exact) mass is 393 g/mol. The number of benzene rings is 1. The Morgan fingerprint density at radius 3 is 2.69 bits per heavy atom. The summed E-state index contributed by atoms with van der Waals surface area (Å²) >= 11 is 0.